The third kappa shape index (κ3) is 6.79. The second kappa shape index (κ2) is 9.47. The van der Waals surface area contributed by atoms with Crippen LogP contribution in [0.1, 0.15) is 49.5 Å². The fraction of sp³-hybridized carbons (Fsp3) is 0.381. The lowest BCUT2D eigenvalue weighted by Crippen LogP contribution is -2.32. The quantitative estimate of drug-likeness (QED) is 0.678. The Morgan fingerprint density at radius 2 is 1.64 bits per heavy atom. The van der Waals surface area contributed by atoms with Gasteiger partial charge in [-0.15, -0.1) is 0 Å². The molecule has 0 saturated heterocycles. The number of amides is 1. The minimum atomic E-state index is -0.0265. The Bertz CT molecular complexity index is 665. The maximum Gasteiger partial charge on any atom is 0.251 e. The minimum Gasteiger partial charge on any atom is -0.489 e. The molecule has 0 spiro atoms. The number of carbonyl (C=O) groups excluding carboxylic acids is 1. The molecular formula is C21H26ClNO2. The van der Waals surface area contributed by atoms with Gasteiger partial charge in [0.05, 0.1) is 0 Å². The van der Waals surface area contributed by atoms with Gasteiger partial charge < -0.3 is 10.1 Å². The molecule has 134 valence electrons. The third-order valence-corrected chi connectivity index (χ3v) is 4.24. The van der Waals surface area contributed by atoms with E-state index in [2.05, 4.69) is 26.1 Å². The number of hydrogen-bond acceptors (Lipinski definition) is 2. The summed E-state index contributed by atoms with van der Waals surface area (Å²) in [5.74, 6) is 1.39. The summed E-state index contributed by atoms with van der Waals surface area (Å²) in [6.45, 7) is 6.89. The first kappa shape index (κ1) is 19.3. The predicted octanol–water partition coefficient (Wildman–Crippen LogP) is 5.47. The monoisotopic (exact) mass is 359 g/mol. The molecule has 0 bridgehead atoms. The molecule has 2 aromatic carbocycles. The fourth-order valence-electron chi connectivity index (χ4n) is 2.41. The molecule has 2 rings (SSSR count). The van der Waals surface area contributed by atoms with Gasteiger partial charge in [-0.25, -0.2) is 0 Å². The Kier molecular flexibility index (Phi) is 7.32. The molecular weight excluding hydrogens is 334 g/mol. The van der Waals surface area contributed by atoms with Crippen molar-refractivity contribution in [1.82, 2.24) is 5.32 Å². The normalized spacial score (nSPS) is 12.0. The van der Waals surface area contributed by atoms with Gasteiger partial charge in [0.1, 0.15) is 12.4 Å². The average Bonchev–Trinajstić information content (AvgIpc) is 2.60. The van der Waals surface area contributed by atoms with Gasteiger partial charge in [0.15, 0.2) is 0 Å². The van der Waals surface area contributed by atoms with Gasteiger partial charge in [0.2, 0.25) is 0 Å². The van der Waals surface area contributed by atoms with Crippen molar-refractivity contribution < 1.29 is 9.53 Å². The van der Waals surface area contributed by atoms with Crippen molar-refractivity contribution in [2.24, 2.45) is 5.92 Å². The zero-order valence-electron chi connectivity index (χ0n) is 15.1. The van der Waals surface area contributed by atoms with E-state index in [0.29, 0.717) is 23.1 Å². The number of carbonyl (C=O) groups is 1. The summed E-state index contributed by atoms with van der Waals surface area (Å²) >= 11 is 5.85. The van der Waals surface area contributed by atoms with E-state index in [1.165, 1.54) is 0 Å². The van der Waals surface area contributed by atoms with E-state index in [0.717, 1.165) is 24.2 Å². The van der Waals surface area contributed by atoms with Crippen LogP contribution in [0.25, 0.3) is 0 Å². The highest BCUT2D eigenvalue weighted by molar-refractivity contribution is 6.30. The van der Waals surface area contributed by atoms with Crippen LogP contribution in [0.4, 0.5) is 0 Å². The number of hydrogen-bond donors (Lipinski definition) is 1. The van der Waals surface area contributed by atoms with Crippen LogP contribution in [0.3, 0.4) is 0 Å². The summed E-state index contributed by atoms with van der Waals surface area (Å²) in [7, 11) is 0. The van der Waals surface area contributed by atoms with E-state index in [1.807, 2.05) is 36.4 Å². The van der Waals surface area contributed by atoms with Crippen LogP contribution in [-0.4, -0.2) is 11.9 Å². The van der Waals surface area contributed by atoms with Crippen molar-refractivity contribution in [2.75, 3.05) is 0 Å². The van der Waals surface area contributed by atoms with Gasteiger partial charge in [-0.1, -0.05) is 37.6 Å². The van der Waals surface area contributed by atoms with Crippen molar-refractivity contribution >= 4 is 17.5 Å². The molecule has 4 heteroatoms. The van der Waals surface area contributed by atoms with E-state index in [9.17, 15) is 4.79 Å². The lowest BCUT2D eigenvalue weighted by molar-refractivity contribution is 0.0937. The Morgan fingerprint density at radius 3 is 2.24 bits per heavy atom. The van der Waals surface area contributed by atoms with Crippen LogP contribution in [0, 0.1) is 5.92 Å². The van der Waals surface area contributed by atoms with Crippen LogP contribution in [0.2, 0.25) is 5.02 Å². The van der Waals surface area contributed by atoms with E-state index in [4.69, 9.17) is 16.3 Å². The van der Waals surface area contributed by atoms with Crippen molar-refractivity contribution in [3.63, 3.8) is 0 Å². The van der Waals surface area contributed by atoms with Crippen molar-refractivity contribution in [1.29, 1.82) is 0 Å². The Morgan fingerprint density at radius 1 is 1.00 bits per heavy atom. The molecule has 0 saturated carbocycles. The van der Waals surface area contributed by atoms with Crippen LogP contribution in [0.5, 0.6) is 5.75 Å². The molecule has 3 nitrogen and oxygen atoms in total. The maximum absolute atomic E-state index is 12.3. The highest BCUT2D eigenvalue weighted by Gasteiger charge is 2.10. The lowest BCUT2D eigenvalue weighted by Gasteiger charge is -2.15. The van der Waals surface area contributed by atoms with Gasteiger partial charge in [-0.3, -0.25) is 4.79 Å². The van der Waals surface area contributed by atoms with E-state index in [-0.39, 0.29) is 11.9 Å². The predicted molar refractivity (Wildman–Crippen MR) is 103 cm³/mol. The van der Waals surface area contributed by atoms with Gasteiger partial charge >= 0.3 is 0 Å². The maximum atomic E-state index is 12.3. The topological polar surface area (TPSA) is 38.3 Å². The van der Waals surface area contributed by atoms with Crippen molar-refractivity contribution in [2.45, 2.75) is 46.3 Å². The Balaban J connectivity index is 1.84. The molecule has 2 aromatic rings. The molecule has 0 aromatic heterocycles. The summed E-state index contributed by atoms with van der Waals surface area (Å²) in [5, 5.41) is 3.74. The molecule has 1 N–H and O–H groups in total. The first-order chi connectivity index (χ1) is 11.9. The molecule has 1 amide bonds. The van der Waals surface area contributed by atoms with Crippen LogP contribution in [-0.2, 0) is 6.61 Å². The second-order valence-electron chi connectivity index (χ2n) is 6.79. The summed E-state index contributed by atoms with van der Waals surface area (Å²) in [5.41, 5.74) is 1.69. The summed E-state index contributed by atoms with van der Waals surface area (Å²) in [4.78, 5) is 12.3. The zero-order valence-corrected chi connectivity index (χ0v) is 15.8. The highest BCUT2D eigenvalue weighted by Crippen LogP contribution is 2.17. The van der Waals surface area contributed by atoms with Crippen molar-refractivity contribution in [3.8, 4) is 5.75 Å². The molecule has 0 aliphatic rings. The number of nitrogens with one attached hydrogen (secondary N) is 1. The molecule has 0 fully saturated rings. The zero-order chi connectivity index (χ0) is 18.2. The van der Waals surface area contributed by atoms with Gasteiger partial charge in [0.25, 0.3) is 5.91 Å². The Hall–Kier alpha value is -2.00. The van der Waals surface area contributed by atoms with Gasteiger partial charge in [0, 0.05) is 16.6 Å². The van der Waals surface area contributed by atoms with Gasteiger partial charge in [-0.05, 0) is 67.6 Å². The molecule has 0 aliphatic carbocycles. The summed E-state index contributed by atoms with van der Waals surface area (Å²) in [6, 6.07) is 15.0. The average molecular weight is 360 g/mol. The third-order valence-electron chi connectivity index (χ3n) is 3.99. The number of benzene rings is 2. The lowest BCUT2D eigenvalue weighted by atomic mass is 10.0. The van der Waals surface area contributed by atoms with Gasteiger partial charge in [-0.2, -0.15) is 0 Å². The molecule has 0 unspecified atom stereocenters. The molecule has 25 heavy (non-hydrogen) atoms. The smallest absolute Gasteiger partial charge is 0.251 e. The summed E-state index contributed by atoms with van der Waals surface area (Å²) < 4.78 is 5.71. The van der Waals surface area contributed by atoms with Crippen LogP contribution >= 0.6 is 11.6 Å². The van der Waals surface area contributed by atoms with Crippen LogP contribution in [0.15, 0.2) is 48.5 Å². The first-order valence-corrected chi connectivity index (χ1v) is 9.10. The molecule has 1 atom stereocenters. The minimum absolute atomic E-state index is 0.0265. The van der Waals surface area contributed by atoms with E-state index < -0.39 is 0 Å². The Labute approximate surface area is 155 Å². The largest absolute Gasteiger partial charge is 0.489 e. The standard InChI is InChI=1S/C21H26ClNO2/c1-15(2)4-5-16(3)23-21(24)18-8-6-17(7-9-18)14-25-20-12-10-19(22)11-13-20/h6-13,15-16H,4-5,14H2,1-3H3,(H,23,24)/t16-/m0/s1. The van der Waals surface area contributed by atoms with Crippen molar-refractivity contribution in [3.05, 3.63) is 64.7 Å². The first-order valence-electron chi connectivity index (χ1n) is 8.72. The van der Waals surface area contributed by atoms with E-state index >= 15 is 0 Å². The fourth-order valence-corrected chi connectivity index (χ4v) is 2.54. The molecule has 0 radical (unpaired) electrons. The molecule has 0 aliphatic heterocycles. The highest BCUT2D eigenvalue weighted by atomic mass is 35.5. The number of halogens is 1. The van der Waals surface area contributed by atoms with E-state index in [1.54, 1.807) is 12.1 Å². The second-order valence-corrected chi connectivity index (χ2v) is 7.22. The SMILES string of the molecule is CC(C)CC[C@H](C)NC(=O)c1ccc(COc2ccc(Cl)cc2)cc1. The number of rotatable bonds is 8. The number of ether oxygens (including phenoxy) is 1. The van der Waals surface area contributed by atoms with Crippen LogP contribution < -0.4 is 10.1 Å². The molecule has 0 heterocycles. The summed E-state index contributed by atoms with van der Waals surface area (Å²) in [6.07, 6.45) is 2.11.